The topological polar surface area (TPSA) is 32.5 Å². The number of nitrogens with zero attached hydrogens (tertiary/aromatic N) is 2. The Morgan fingerprint density at radius 2 is 2.17 bits per heavy atom. The molecule has 2 fully saturated rings. The molecular weight excluding hydrogens is 229 g/mol. The van der Waals surface area contributed by atoms with E-state index in [0.717, 1.165) is 30.9 Å². The molecule has 0 spiro atoms. The summed E-state index contributed by atoms with van der Waals surface area (Å²) in [5.41, 5.74) is 7.76. The third-order valence-electron chi connectivity index (χ3n) is 4.19. The standard InChI is InChI=1S/C14H20FN3/c15-12-3-4-14(11(8-12)9-16)18-7-6-17-5-1-2-13(17)10-18/h3-4,8,13H,1-2,5-7,9-10,16H2. The Kier molecular flexibility index (Phi) is 3.22. The zero-order valence-corrected chi connectivity index (χ0v) is 10.6. The highest BCUT2D eigenvalue weighted by Gasteiger charge is 2.31. The van der Waals surface area contributed by atoms with E-state index in [0.29, 0.717) is 12.6 Å². The average molecular weight is 249 g/mol. The number of hydrogen-bond donors (Lipinski definition) is 1. The highest BCUT2D eigenvalue weighted by atomic mass is 19.1. The van der Waals surface area contributed by atoms with Gasteiger partial charge in [0, 0.05) is 37.9 Å². The maximum Gasteiger partial charge on any atom is 0.123 e. The first-order chi connectivity index (χ1) is 8.78. The summed E-state index contributed by atoms with van der Waals surface area (Å²) in [6, 6.07) is 5.66. The van der Waals surface area contributed by atoms with Crippen LogP contribution in [0.1, 0.15) is 18.4 Å². The third-order valence-corrected chi connectivity index (χ3v) is 4.19. The summed E-state index contributed by atoms with van der Waals surface area (Å²) in [5.74, 6) is -0.196. The fraction of sp³-hybridized carbons (Fsp3) is 0.571. The highest BCUT2D eigenvalue weighted by Crippen LogP contribution is 2.28. The molecule has 1 unspecified atom stereocenters. The predicted molar refractivity (Wildman–Crippen MR) is 71.1 cm³/mol. The second kappa shape index (κ2) is 4.86. The molecule has 0 saturated carbocycles. The van der Waals surface area contributed by atoms with Crippen LogP contribution in [-0.4, -0.2) is 37.1 Å². The lowest BCUT2D eigenvalue weighted by atomic mass is 10.1. The molecule has 0 radical (unpaired) electrons. The average Bonchev–Trinajstić information content (AvgIpc) is 2.85. The second-order valence-corrected chi connectivity index (χ2v) is 5.26. The maximum atomic E-state index is 13.2. The van der Waals surface area contributed by atoms with Gasteiger partial charge in [-0.05, 0) is 43.1 Å². The van der Waals surface area contributed by atoms with Crippen LogP contribution in [0.4, 0.5) is 10.1 Å². The summed E-state index contributed by atoms with van der Waals surface area (Å²) >= 11 is 0. The van der Waals surface area contributed by atoms with Crippen molar-refractivity contribution in [3.63, 3.8) is 0 Å². The number of anilines is 1. The van der Waals surface area contributed by atoms with E-state index in [9.17, 15) is 4.39 Å². The van der Waals surface area contributed by atoms with Gasteiger partial charge in [-0.1, -0.05) is 0 Å². The van der Waals surface area contributed by atoms with Crippen molar-refractivity contribution in [3.05, 3.63) is 29.6 Å². The quantitative estimate of drug-likeness (QED) is 0.863. The minimum Gasteiger partial charge on any atom is -0.368 e. The van der Waals surface area contributed by atoms with Crippen LogP contribution in [0, 0.1) is 5.82 Å². The van der Waals surface area contributed by atoms with Crippen LogP contribution in [0.25, 0.3) is 0 Å². The molecule has 0 bridgehead atoms. The van der Waals surface area contributed by atoms with Crippen molar-refractivity contribution in [2.45, 2.75) is 25.4 Å². The minimum atomic E-state index is -0.196. The Bertz CT molecular complexity index is 435. The first kappa shape index (κ1) is 11.9. The van der Waals surface area contributed by atoms with Gasteiger partial charge >= 0.3 is 0 Å². The van der Waals surface area contributed by atoms with Crippen molar-refractivity contribution in [1.82, 2.24) is 4.90 Å². The molecule has 0 aliphatic carbocycles. The van der Waals surface area contributed by atoms with E-state index in [1.807, 2.05) is 6.07 Å². The molecule has 2 saturated heterocycles. The monoisotopic (exact) mass is 249 g/mol. The van der Waals surface area contributed by atoms with Crippen molar-refractivity contribution < 1.29 is 4.39 Å². The maximum absolute atomic E-state index is 13.2. The molecule has 2 heterocycles. The molecule has 0 amide bonds. The van der Waals surface area contributed by atoms with Crippen LogP contribution < -0.4 is 10.6 Å². The Morgan fingerprint density at radius 3 is 3.00 bits per heavy atom. The zero-order chi connectivity index (χ0) is 12.5. The van der Waals surface area contributed by atoms with Gasteiger partial charge in [-0.3, -0.25) is 4.90 Å². The third kappa shape index (κ3) is 2.10. The predicted octanol–water partition coefficient (Wildman–Crippen LogP) is 1.57. The summed E-state index contributed by atoms with van der Waals surface area (Å²) in [4.78, 5) is 4.94. The number of rotatable bonds is 2. The Morgan fingerprint density at radius 1 is 1.28 bits per heavy atom. The van der Waals surface area contributed by atoms with Gasteiger partial charge < -0.3 is 10.6 Å². The number of fused-ring (bicyclic) bond motifs is 1. The molecule has 2 aliphatic rings. The lowest BCUT2D eigenvalue weighted by Crippen LogP contribution is -2.50. The van der Waals surface area contributed by atoms with Gasteiger partial charge in [0.15, 0.2) is 0 Å². The van der Waals surface area contributed by atoms with E-state index >= 15 is 0 Å². The summed E-state index contributed by atoms with van der Waals surface area (Å²) in [7, 11) is 0. The van der Waals surface area contributed by atoms with Crippen LogP contribution in [0.2, 0.25) is 0 Å². The number of nitrogens with two attached hydrogens (primary N) is 1. The summed E-state index contributed by atoms with van der Waals surface area (Å²) in [5, 5.41) is 0. The van der Waals surface area contributed by atoms with Crippen molar-refractivity contribution in [3.8, 4) is 0 Å². The lowest BCUT2D eigenvalue weighted by molar-refractivity contribution is 0.231. The minimum absolute atomic E-state index is 0.196. The van der Waals surface area contributed by atoms with Crippen molar-refractivity contribution in [2.75, 3.05) is 31.1 Å². The highest BCUT2D eigenvalue weighted by molar-refractivity contribution is 5.54. The van der Waals surface area contributed by atoms with Crippen LogP contribution in [0.3, 0.4) is 0 Å². The molecule has 1 aromatic rings. The Balaban J connectivity index is 1.82. The van der Waals surface area contributed by atoms with Crippen LogP contribution in [0.15, 0.2) is 18.2 Å². The van der Waals surface area contributed by atoms with Gasteiger partial charge in [-0.25, -0.2) is 4.39 Å². The van der Waals surface area contributed by atoms with Crippen LogP contribution in [-0.2, 0) is 6.54 Å². The van der Waals surface area contributed by atoms with Crippen LogP contribution in [0.5, 0.6) is 0 Å². The molecule has 2 aliphatic heterocycles. The lowest BCUT2D eigenvalue weighted by Gasteiger charge is -2.39. The zero-order valence-electron chi connectivity index (χ0n) is 10.6. The molecule has 3 nitrogen and oxygen atoms in total. The van der Waals surface area contributed by atoms with Crippen molar-refractivity contribution >= 4 is 5.69 Å². The molecular formula is C14H20FN3. The number of piperazine rings is 1. The van der Waals surface area contributed by atoms with E-state index in [1.54, 1.807) is 6.07 Å². The second-order valence-electron chi connectivity index (χ2n) is 5.26. The summed E-state index contributed by atoms with van der Waals surface area (Å²) in [6.45, 7) is 4.84. The molecule has 1 atom stereocenters. The van der Waals surface area contributed by atoms with Gasteiger partial charge in [0.1, 0.15) is 5.82 Å². The summed E-state index contributed by atoms with van der Waals surface area (Å²) in [6.07, 6.45) is 2.60. The molecule has 18 heavy (non-hydrogen) atoms. The fourth-order valence-corrected chi connectivity index (χ4v) is 3.24. The van der Waals surface area contributed by atoms with Crippen molar-refractivity contribution in [1.29, 1.82) is 0 Å². The largest absolute Gasteiger partial charge is 0.368 e. The van der Waals surface area contributed by atoms with Gasteiger partial charge in [0.05, 0.1) is 0 Å². The smallest absolute Gasteiger partial charge is 0.123 e. The molecule has 98 valence electrons. The van der Waals surface area contributed by atoms with Crippen molar-refractivity contribution in [2.24, 2.45) is 5.73 Å². The molecule has 2 N–H and O–H groups in total. The summed E-state index contributed by atoms with van der Waals surface area (Å²) < 4.78 is 13.2. The van der Waals surface area contributed by atoms with Gasteiger partial charge in [-0.2, -0.15) is 0 Å². The first-order valence-corrected chi connectivity index (χ1v) is 6.75. The van der Waals surface area contributed by atoms with E-state index < -0.39 is 0 Å². The Hall–Kier alpha value is -1.13. The number of hydrogen-bond acceptors (Lipinski definition) is 3. The van der Waals surface area contributed by atoms with E-state index in [-0.39, 0.29) is 5.82 Å². The number of benzene rings is 1. The normalized spacial score (nSPS) is 24.3. The number of halogens is 1. The SMILES string of the molecule is NCc1cc(F)ccc1N1CCN2CCCC2C1. The van der Waals surface area contributed by atoms with E-state index in [4.69, 9.17) is 5.73 Å². The van der Waals surface area contributed by atoms with Gasteiger partial charge in [0.2, 0.25) is 0 Å². The van der Waals surface area contributed by atoms with E-state index in [1.165, 1.54) is 25.5 Å². The molecule has 0 aromatic heterocycles. The van der Waals surface area contributed by atoms with Crippen LogP contribution >= 0.6 is 0 Å². The first-order valence-electron chi connectivity index (χ1n) is 6.75. The van der Waals surface area contributed by atoms with Gasteiger partial charge in [-0.15, -0.1) is 0 Å². The fourth-order valence-electron chi connectivity index (χ4n) is 3.24. The van der Waals surface area contributed by atoms with E-state index in [2.05, 4.69) is 9.80 Å². The molecule has 3 rings (SSSR count). The molecule has 1 aromatic carbocycles. The van der Waals surface area contributed by atoms with Gasteiger partial charge in [0.25, 0.3) is 0 Å². The molecule has 4 heteroatoms. The Labute approximate surface area is 107 Å².